The van der Waals surface area contributed by atoms with Crippen LogP contribution in [0.25, 0.3) is 0 Å². The van der Waals surface area contributed by atoms with Gasteiger partial charge in [-0.3, -0.25) is 4.79 Å². The fraction of sp³-hybridized carbons (Fsp3) is 0.500. The largest absolute Gasteiger partial charge is 0.437 e. The first-order chi connectivity index (χ1) is 9.92. The average molecular weight is 300 g/mol. The zero-order chi connectivity index (χ0) is 15.1. The number of benzene rings is 1. The van der Waals surface area contributed by atoms with Crippen molar-refractivity contribution in [2.45, 2.75) is 24.6 Å². The Labute approximate surface area is 119 Å². The molecule has 2 heterocycles. The summed E-state index contributed by atoms with van der Waals surface area (Å²) in [6.45, 7) is 1.16. The molecule has 1 N–H and O–H groups in total. The van der Waals surface area contributed by atoms with E-state index in [-0.39, 0.29) is 12.2 Å². The second kappa shape index (κ2) is 4.99. The lowest BCUT2D eigenvalue weighted by Gasteiger charge is -2.47. The van der Waals surface area contributed by atoms with E-state index in [9.17, 15) is 18.0 Å². The van der Waals surface area contributed by atoms with Gasteiger partial charge in [-0.05, 0) is 50.2 Å². The van der Waals surface area contributed by atoms with E-state index >= 15 is 0 Å². The minimum atomic E-state index is -3.86. The quantitative estimate of drug-likeness (QED) is 0.861. The third-order valence-corrected chi connectivity index (χ3v) is 3.94. The van der Waals surface area contributed by atoms with Gasteiger partial charge in [-0.15, -0.1) is 0 Å². The van der Waals surface area contributed by atoms with Crippen LogP contribution < -0.4 is 10.2 Å². The highest BCUT2D eigenvalue weighted by Crippen LogP contribution is 2.39. The van der Waals surface area contributed by atoms with Crippen molar-refractivity contribution in [3.8, 4) is 0 Å². The minimum Gasteiger partial charge on any atom is -0.317 e. The number of piperidine rings is 1. The molecule has 0 aliphatic carbocycles. The highest BCUT2D eigenvalue weighted by Gasteiger charge is 2.57. The van der Waals surface area contributed by atoms with Crippen LogP contribution in [0.4, 0.5) is 18.9 Å². The molecule has 3 rings (SSSR count). The van der Waals surface area contributed by atoms with Crippen LogP contribution in [0.5, 0.6) is 0 Å². The summed E-state index contributed by atoms with van der Waals surface area (Å²) in [5, 5.41) is 3.08. The first kappa shape index (κ1) is 14.3. The van der Waals surface area contributed by atoms with Crippen LogP contribution in [0.3, 0.4) is 0 Å². The van der Waals surface area contributed by atoms with Gasteiger partial charge in [0, 0.05) is 5.69 Å². The molecule has 0 unspecified atom stereocenters. The Kier molecular flexibility index (Phi) is 3.41. The maximum absolute atomic E-state index is 13.9. The van der Waals surface area contributed by atoms with E-state index in [1.165, 1.54) is 12.1 Å². The van der Waals surface area contributed by atoms with E-state index in [1.54, 1.807) is 0 Å². The number of halogens is 3. The summed E-state index contributed by atoms with van der Waals surface area (Å²) in [7, 11) is 0. The Morgan fingerprint density at radius 3 is 2.38 bits per heavy atom. The lowest BCUT2D eigenvalue weighted by molar-refractivity contribution is -0.290. The fourth-order valence-corrected chi connectivity index (χ4v) is 2.84. The molecule has 7 heteroatoms. The van der Waals surface area contributed by atoms with E-state index in [2.05, 4.69) is 5.32 Å². The van der Waals surface area contributed by atoms with Crippen molar-refractivity contribution in [1.29, 1.82) is 0 Å². The van der Waals surface area contributed by atoms with Gasteiger partial charge >= 0.3 is 12.0 Å². The number of alkyl halides is 2. The highest BCUT2D eigenvalue weighted by molar-refractivity contribution is 5.98. The molecule has 2 saturated heterocycles. The number of anilines is 1. The van der Waals surface area contributed by atoms with Crippen molar-refractivity contribution < 1.29 is 22.7 Å². The summed E-state index contributed by atoms with van der Waals surface area (Å²) < 4.78 is 45.7. The van der Waals surface area contributed by atoms with Crippen LogP contribution >= 0.6 is 0 Å². The van der Waals surface area contributed by atoms with Crippen molar-refractivity contribution in [2.24, 2.45) is 0 Å². The smallest absolute Gasteiger partial charge is 0.317 e. The van der Waals surface area contributed by atoms with Crippen LogP contribution in [0.15, 0.2) is 24.3 Å². The van der Waals surface area contributed by atoms with Gasteiger partial charge in [0.05, 0.1) is 12.1 Å². The molecule has 4 nitrogen and oxygen atoms in total. The summed E-state index contributed by atoms with van der Waals surface area (Å²) in [4.78, 5) is 12.9. The number of hydrogen-bond acceptors (Lipinski definition) is 3. The Morgan fingerprint density at radius 2 is 1.76 bits per heavy atom. The molecule has 0 aromatic heterocycles. The topological polar surface area (TPSA) is 41.6 Å². The van der Waals surface area contributed by atoms with Gasteiger partial charge in [-0.1, -0.05) is 0 Å². The number of ether oxygens (including phenoxy) is 1. The predicted molar refractivity (Wildman–Crippen MR) is 69.6 cm³/mol. The van der Waals surface area contributed by atoms with Crippen molar-refractivity contribution in [3.05, 3.63) is 30.1 Å². The average Bonchev–Trinajstić information content (AvgIpc) is 2.44. The van der Waals surface area contributed by atoms with Crippen molar-refractivity contribution in [1.82, 2.24) is 5.32 Å². The Balaban J connectivity index is 1.94. The van der Waals surface area contributed by atoms with E-state index < -0.39 is 23.4 Å². The molecule has 114 valence electrons. The van der Waals surface area contributed by atoms with Gasteiger partial charge in [0.15, 0.2) is 0 Å². The number of amides is 1. The maximum atomic E-state index is 13.9. The molecule has 2 aliphatic heterocycles. The van der Waals surface area contributed by atoms with E-state index in [1.807, 2.05) is 0 Å². The molecular weight excluding hydrogens is 285 g/mol. The molecular formula is C14H15F3N2O2. The third-order valence-electron chi connectivity index (χ3n) is 3.94. The number of rotatable bonds is 1. The fourth-order valence-electron chi connectivity index (χ4n) is 2.84. The van der Waals surface area contributed by atoms with Gasteiger partial charge in [-0.2, -0.15) is 8.78 Å². The van der Waals surface area contributed by atoms with Gasteiger partial charge in [0.25, 0.3) is 0 Å². The van der Waals surface area contributed by atoms with Crippen molar-refractivity contribution in [3.63, 3.8) is 0 Å². The zero-order valence-corrected chi connectivity index (χ0v) is 11.2. The first-order valence-corrected chi connectivity index (χ1v) is 6.78. The summed E-state index contributed by atoms with van der Waals surface area (Å²) in [5.74, 6) is -1.89. The predicted octanol–water partition coefficient (Wildman–Crippen LogP) is 1.90. The molecule has 0 radical (unpaired) electrons. The summed E-state index contributed by atoms with van der Waals surface area (Å²) in [5.41, 5.74) is -0.806. The molecule has 0 bridgehead atoms. The molecule has 1 amide bonds. The van der Waals surface area contributed by atoms with Crippen LogP contribution in [-0.2, 0) is 9.53 Å². The number of nitrogens with zero attached hydrogens (tertiary/aromatic N) is 1. The van der Waals surface area contributed by atoms with Crippen LogP contribution in [0, 0.1) is 5.82 Å². The number of carbonyl (C=O) groups is 1. The number of morpholine rings is 1. The highest BCUT2D eigenvalue weighted by atomic mass is 19.3. The van der Waals surface area contributed by atoms with Crippen LogP contribution in [0.1, 0.15) is 12.8 Å². The Bertz CT molecular complexity index is 542. The van der Waals surface area contributed by atoms with E-state index in [4.69, 9.17) is 4.74 Å². The monoisotopic (exact) mass is 300 g/mol. The SMILES string of the molecule is O=C1N(c2ccc(F)cc2)CC2(CCNCC2)OC1(F)F. The molecule has 2 aliphatic rings. The number of nitrogens with one attached hydrogen (secondary N) is 1. The molecule has 2 fully saturated rings. The maximum Gasteiger partial charge on any atom is 0.437 e. The van der Waals surface area contributed by atoms with Gasteiger partial charge in [0.2, 0.25) is 0 Å². The molecule has 21 heavy (non-hydrogen) atoms. The van der Waals surface area contributed by atoms with Gasteiger partial charge in [0.1, 0.15) is 5.82 Å². The van der Waals surface area contributed by atoms with Crippen LogP contribution in [-0.4, -0.2) is 37.3 Å². The van der Waals surface area contributed by atoms with Gasteiger partial charge < -0.3 is 15.0 Å². The summed E-state index contributed by atoms with van der Waals surface area (Å²) in [6, 6.07) is 4.93. The molecule has 0 saturated carbocycles. The first-order valence-electron chi connectivity index (χ1n) is 6.78. The van der Waals surface area contributed by atoms with Crippen molar-refractivity contribution >= 4 is 11.6 Å². The summed E-state index contributed by atoms with van der Waals surface area (Å²) >= 11 is 0. The van der Waals surface area contributed by atoms with Crippen LogP contribution in [0.2, 0.25) is 0 Å². The minimum absolute atomic E-state index is 0.0503. The lowest BCUT2D eigenvalue weighted by Crippen LogP contribution is -2.64. The van der Waals surface area contributed by atoms with Gasteiger partial charge in [-0.25, -0.2) is 4.39 Å². The standard InChI is InChI=1S/C14H15F3N2O2/c15-10-1-3-11(4-2-10)19-9-13(5-7-18-8-6-13)21-14(16,17)12(19)20/h1-4,18H,5-9H2. The zero-order valence-electron chi connectivity index (χ0n) is 11.2. The van der Waals surface area contributed by atoms with Crippen molar-refractivity contribution in [2.75, 3.05) is 24.5 Å². The number of hydrogen-bond donors (Lipinski definition) is 1. The lowest BCUT2D eigenvalue weighted by atomic mass is 9.89. The second-order valence-electron chi connectivity index (χ2n) is 5.42. The summed E-state index contributed by atoms with van der Waals surface area (Å²) in [6.07, 6.45) is -3.06. The molecule has 1 aromatic rings. The Hall–Kier alpha value is -1.60. The molecule has 1 spiro atoms. The number of carbonyl (C=O) groups excluding carboxylic acids is 1. The van der Waals surface area contributed by atoms with E-state index in [0.29, 0.717) is 25.9 Å². The molecule has 0 atom stereocenters. The van der Waals surface area contributed by atoms with E-state index in [0.717, 1.165) is 17.0 Å². The second-order valence-corrected chi connectivity index (χ2v) is 5.42. The third kappa shape index (κ3) is 2.63. The normalized spacial score (nSPS) is 24.3. The Morgan fingerprint density at radius 1 is 1.14 bits per heavy atom. The molecule has 1 aromatic carbocycles.